The molecule has 1 rings (SSSR count). The third kappa shape index (κ3) is 1.40. The van der Waals surface area contributed by atoms with Crippen LogP contribution in [0, 0.1) is 20.8 Å². The molecule has 0 saturated heterocycles. The summed E-state index contributed by atoms with van der Waals surface area (Å²) in [5, 5.41) is 9.62. The van der Waals surface area contributed by atoms with Gasteiger partial charge in [0.15, 0.2) is 0 Å². The topological polar surface area (TPSA) is 20.2 Å². The van der Waals surface area contributed by atoms with Crippen LogP contribution in [0.25, 0.3) is 0 Å². The molecule has 0 amide bonds. The molecule has 0 spiro atoms. The lowest BCUT2D eigenvalue weighted by molar-refractivity contribution is 0.466. The fourth-order valence-electron chi connectivity index (χ4n) is 1.06. The normalized spacial score (nSPS) is 10.4. The maximum Gasteiger partial charge on any atom is 0.134 e. The Hall–Kier alpha value is -0.0200. The Balaban J connectivity index is 3.60. The highest BCUT2D eigenvalue weighted by molar-refractivity contribution is 9.13. The minimum absolute atomic E-state index is 0.324. The first-order valence-corrected chi connectivity index (χ1v) is 5.19. The molecular formula is C9H10Br2O. The van der Waals surface area contributed by atoms with Gasteiger partial charge in [-0.05, 0) is 69.3 Å². The van der Waals surface area contributed by atoms with E-state index in [4.69, 9.17) is 0 Å². The van der Waals surface area contributed by atoms with Crippen LogP contribution in [0.4, 0.5) is 0 Å². The van der Waals surface area contributed by atoms with Gasteiger partial charge in [0.1, 0.15) is 5.75 Å². The Labute approximate surface area is 89.1 Å². The summed E-state index contributed by atoms with van der Waals surface area (Å²) in [6, 6.07) is 0. The average molecular weight is 294 g/mol. The first-order valence-electron chi connectivity index (χ1n) is 3.60. The number of hydrogen-bond acceptors (Lipinski definition) is 1. The molecule has 1 aromatic rings. The standard InChI is InChI=1S/C9H10Br2O/c1-4-5(2)7(10)8(11)9(12)6(4)3/h12H,1-3H3. The van der Waals surface area contributed by atoms with Gasteiger partial charge in [-0.2, -0.15) is 0 Å². The fraction of sp³-hybridized carbons (Fsp3) is 0.333. The van der Waals surface area contributed by atoms with Crippen LogP contribution >= 0.6 is 31.9 Å². The summed E-state index contributed by atoms with van der Waals surface area (Å²) >= 11 is 6.73. The van der Waals surface area contributed by atoms with Crippen molar-refractivity contribution >= 4 is 31.9 Å². The van der Waals surface area contributed by atoms with Crippen LogP contribution in [-0.4, -0.2) is 5.11 Å². The molecule has 1 nitrogen and oxygen atoms in total. The number of phenols is 1. The van der Waals surface area contributed by atoms with Crippen molar-refractivity contribution in [1.29, 1.82) is 0 Å². The van der Waals surface area contributed by atoms with Gasteiger partial charge < -0.3 is 5.11 Å². The molecule has 0 fully saturated rings. The Bertz CT molecular complexity index is 227. The molecule has 0 unspecified atom stereocenters. The molecule has 1 aromatic carbocycles. The zero-order valence-corrected chi connectivity index (χ0v) is 10.4. The second-order valence-electron chi connectivity index (χ2n) is 2.85. The Kier molecular flexibility index (Phi) is 2.84. The van der Waals surface area contributed by atoms with Crippen LogP contribution in [0.3, 0.4) is 0 Å². The van der Waals surface area contributed by atoms with E-state index in [9.17, 15) is 5.11 Å². The van der Waals surface area contributed by atoms with Gasteiger partial charge in [0.05, 0.1) is 4.47 Å². The predicted octanol–water partition coefficient (Wildman–Crippen LogP) is 3.84. The lowest BCUT2D eigenvalue weighted by atomic mass is 10.0. The summed E-state index contributed by atoms with van der Waals surface area (Å²) in [6.45, 7) is 5.94. The summed E-state index contributed by atoms with van der Waals surface area (Å²) in [7, 11) is 0. The fourth-order valence-corrected chi connectivity index (χ4v) is 2.14. The van der Waals surface area contributed by atoms with Crippen molar-refractivity contribution in [2.75, 3.05) is 0 Å². The van der Waals surface area contributed by atoms with E-state index in [1.165, 1.54) is 0 Å². The maximum atomic E-state index is 9.62. The van der Waals surface area contributed by atoms with Crippen molar-refractivity contribution in [2.24, 2.45) is 0 Å². The average Bonchev–Trinajstić information content (AvgIpc) is 2.08. The van der Waals surface area contributed by atoms with E-state index < -0.39 is 0 Å². The molecule has 12 heavy (non-hydrogen) atoms. The largest absolute Gasteiger partial charge is 0.506 e. The molecule has 0 saturated carbocycles. The zero-order chi connectivity index (χ0) is 9.46. The number of benzene rings is 1. The first-order chi connectivity index (χ1) is 5.46. The molecule has 1 N–H and O–H groups in total. The number of hydrogen-bond donors (Lipinski definition) is 1. The predicted molar refractivity (Wildman–Crippen MR) is 57.7 cm³/mol. The van der Waals surface area contributed by atoms with Crippen LogP contribution in [0.5, 0.6) is 5.75 Å². The van der Waals surface area contributed by atoms with E-state index in [1.54, 1.807) is 0 Å². The number of rotatable bonds is 0. The van der Waals surface area contributed by atoms with Crippen LogP contribution in [0.15, 0.2) is 8.95 Å². The molecular weight excluding hydrogens is 284 g/mol. The molecule has 3 heteroatoms. The van der Waals surface area contributed by atoms with E-state index >= 15 is 0 Å². The molecule has 0 heterocycles. The first kappa shape index (κ1) is 10.1. The summed E-state index contributed by atoms with van der Waals surface area (Å²) in [5.74, 6) is 0.324. The van der Waals surface area contributed by atoms with Crippen molar-refractivity contribution in [3.05, 3.63) is 25.6 Å². The second kappa shape index (κ2) is 3.38. The molecule has 0 aliphatic heterocycles. The van der Waals surface area contributed by atoms with E-state index in [0.717, 1.165) is 25.6 Å². The number of aromatic hydroxyl groups is 1. The molecule has 0 radical (unpaired) electrons. The summed E-state index contributed by atoms with van der Waals surface area (Å²) in [5.41, 5.74) is 3.22. The highest BCUT2D eigenvalue weighted by Gasteiger charge is 2.12. The minimum atomic E-state index is 0.324. The lowest BCUT2D eigenvalue weighted by Gasteiger charge is -2.11. The van der Waals surface area contributed by atoms with Crippen LogP contribution in [0.2, 0.25) is 0 Å². The van der Waals surface area contributed by atoms with Gasteiger partial charge in [-0.15, -0.1) is 0 Å². The molecule has 0 atom stereocenters. The van der Waals surface area contributed by atoms with Crippen molar-refractivity contribution < 1.29 is 5.11 Å². The van der Waals surface area contributed by atoms with Gasteiger partial charge >= 0.3 is 0 Å². The number of halogens is 2. The molecule has 0 aliphatic carbocycles. The molecule has 0 bridgehead atoms. The quantitative estimate of drug-likeness (QED) is 0.770. The van der Waals surface area contributed by atoms with Crippen molar-refractivity contribution in [3.63, 3.8) is 0 Å². The molecule has 0 aliphatic rings. The van der Waals surface area contributed by atoms with Crippen molar-refractivity contribution in [3.8, 4) is 5.75 Å². The molecule has 66 valence electrons. The van der Waals surface area contributed by atoms with Gasteiger partial charge in [0, 0.05) is 4.47 Å². The second-order valence-corrected chi connectivity index (χ2v) is 4.44. The van der Waals surface area contributed by atoms with E-state index in [0.29, 0.717) is 5.75 Å². The maximum absolute atomic E-state index is 9.62. The van der Waals surface area contributed by atoms with E-state index in [2.05, 4.69) is 31.9 Å². The third-order valence-corrected chi connectivity index (χ3v) is 4.51. The van der Waals surface area contributed by atoms with E-state index in [1.807, 2.05) is 20.8 Å². The Morgan fingerprint density at radius 1 is 0.833 bits per heavy atom. The van der Waals surface area contributed by atoms with Gasteiger partial charge in [-0.25, -0.2) is 0 Å². The van der Waals surface area contributed by atoms with Crippen LogP contribution in [-0.2, 0) is 0 Å². The van der Waals surface area contributed by atoms with Crippen LogP contribution < -0.4 is 0 Å². The minimum Gasteiger partial charge on any atom is -0.506 e. The Morgan fingerprint density at radius 2 is 1.33 bits per heavy atom. The van der Waals surface area contributed by atoms with Gasteiger partial charge in [0.25, 0.3) is 0 Å². The summed E-state index contributed by atoms with van der Waals surface area (Å²) in [6.07, 6.45) is 0. The highest BCUT2D eigenvalue weighted by atomic mass is 79.9. The smallest absolute Gasteiger partial charge is 0.134 e. The van der Waals surface area contributed by atoms with Crippen LogP contribution in [0.1, 0.15) is 16.7 Å². The van der Waals surface area contributed by atoms with Gasteiger partial charge in [-0.1, -0.05) is 0 Å². The summed E-state index contributed by atoms with van der Waals surface area (Å²) < 4.78 is 1.67. The van der Waals surface area contributed by atoms with E-state index in [-0.39, 0.29) is 0 Å². The SMILES string of the molecule is Cc1c(C)c(O)c(Br)c(Br)c1C. The van der Waals surface area contributed by atoms with Gasteiger partial charge in [-0.3, -0.25) is 0 Å². The highest BCUT2D eigenvalue weighted by Crippen LogP contribution is 2.39. The third-order valence-electron chi connectivity index (χ3n) is 2.21. The van der Waals surface area contributed by atoms with Crippen molar-refractivity contribution in [1.82, 2.24) is 0 Å². The summed E-state index contributed by atoms with van der Waals surface area (Å²) in [4.78, 5) is 0. The Morgan fingerprint density at radius 3 is 1.83 bits per heavy atom. The van der Waals surface area contributed by atoms with Gasteiger partial charge in [0.2, 0.25) is 0 Å². The number of phenolic OH excluding ortho intramolecular Hbond substituents is 1. The lowest BCUT2D eigenvalue weighted by Crippen LogP contribution is -1.90. The zero-order valence-electron chi connectivity index (χ0n) is 7.20. The van der Waals surface area contributed by atoms with Crippen molar-refractivity contribution in [2.45, 2.75) is 20.8 Å². The monoisotopic (exact) mass is 292 g/mol. The molecule has 0 aromatic heterocycles.